The van der Waals surface area contributed by atoms with Gasteiger partial charge in [-0.3, -0.25) is 9.59 Å². The molecule has 5 nitrogen and oxygen atoms in total. The number of carbonyl (C=O) groups excluding carboxylic acids is 2. The number of rotatable bonds is 7. The fourth-order valence-electron chi connectivity index (χ4n) is 2.60. The van der Waals surface area contributed by atoms with E-state index >= 15 is 0 Å². The van der Waals surface area contributed by atoms with Crippen molar-refractivity contribution in [2.75, 3.05) is 19.0 Å². The van der Waals surface area contributed by atoms with Crippen LogP contribution in [0.2, 0.25) is 0 Å². The highest BCUT2D eigenvalue weighted by Crippen LogP contribution is 2.19. The van der Waals surface area contributed by atoms with Crippen molar-refractivity contribution in [3.8, 4) is 5.75 Å². The Balaban J connectivity index is 1.83. The molecule has 2 N–H and O–H groups in total. The van der Waals surface area contributed by atoms with Gasteiger partial charge in [0.05, 0.1) is 13.5 Å². The van der Waals surface area contributed by atoms with Crippen LogP contribution < -0.4 is 15.4 Å². The molecule has 5 heteroatoms. The third-order valence-electron chi connectivity index (χ3n) is 3.79. The maximum atomic E-state index is 12.1. The number of benzene rings is 2. The van der Waals surface area contributed by atoms with Crippen LogP contribution in [0.25, 0.3) is 0 Å². The van der Waals surface area contributed by atoms with Crippen molar-refractivity contribution in [1.82, 2.24) is 5.32 Å². The molecule has 2 aromatic rings. The third kappa shape index (κ3) is 5.95. The first-order valence-corrected chi connectivity index (χ1v) is 8.24. The number of amides is 2. The van der Waals surface area contributed by atoms with Crippen LogP contribution in [-0.2, 0) is 22.4 Å². The van der Waals surface area contributed by atoms with Gasteiger partial charge in [0.2, 0.25) is 11.8 Å². The Morgan fingerprint density at radius 3 is 2.44 bits per heavy atom. The Kier molecular flexibility index (Phi) is 6.57. The molecule has 0 radical (unpaired) electrons. The van der Waals surface area contributed by atoms with Gasteiger partial charge in [-0.2, -0.15) is 0 Å². The summed E-state index contributed by atoms with van der Waals surface area (Å²) in [6, 6.07) is 13.3. The lowest BCUT2D eigenvalue weighted by atomic mass is 10.1. The summed E-state index contributed by atoms with van der Waals surface area (Å²) in [4.78, 5) is 23.1. The molecule has 2 aromatic carbocycles. The zero-order valence-corrected chi connectivity index (χ0v) is 14.9. The van der Waals surface area contributed by atoms with Crippen LogP contribution in [0.4, 0.5) is 5.69 Å². The van der Waals surface area contributed by atoms with E-state index in [1.54, 1.807) is 19.2 Å². The molecule has 0 saturated carbocycles. The van der Waals surface area contributed by atoms with Crippen LogP contribution >= 0.6 is 0 Å². The summed E-state index contributed by atoms with van der Waals surface area (Å²) in [6.45, 7) is 4.05. The monoisotopic (exact) mass is 340 g/mol. The summed E-state index contributed by atoms with van der Waals surface area (Å²) in [6.07, 6.45) is 1.03. The summed E-state index contributed by atoms with van der Waals surface area (Å²) in [5.41, 5.74) is 3.88. The van der Waals surface area contributed by atoms with Crippen LogP contribution in [0, 0.1) is 6.92 Å². The lowest BCUT2D eigenvalue weighted by Crippen LogP contribution is -2.27. The summed E-state index contributed by atoms with van der Waals surface area (Å²) < 4.78 is 5.35. The van der Waals surface area contributed by atoms with Crippen LogP contribution in [-0.4, -0.2) is 25.5 Å². The highest BCUT2D eigenvalue weighted by molar-refractivity contribution is 5.88. The van der Waals surface area contributed by atoms with Crippen molar-refractivity contribution >= 4 is 17.5 Å². The van der Waals surface area contributed by atoms with E-state index in [0.29, 0.717) is 13.0 Å². The summed E-state index contributed by atoms with van der Waals surface area (Å²) in [5, 5.41) is 5.63. The fraction of sp³-hybridized carbons (Fsp3) is 0.300. The van der Waals surface area contributed by atoms with E-state index in [4.69, 9.17) is 4.74 Å². The number of nitrogens with one attached hydrogen (secondary N) is 2. The van der Waals surface area contributed by atoms with Crippen molar-refractivity contribution in [2.45, 2.75) is 26.7 Å². The van der Waals surface area contributed by atoms with E-state index in [2.05, 4.69) is 16.7 Å². The molecule has 25 heavy (non-hydrogen) atoms. The van der Waals surface area contributed by atoms with Crippen LogP contribution in [0.15, 0.2) is 42.5 Å². The van der Waals surface area contributed by atoms with Gasteiger partial charge in [0, 0.05) is 19.2 Å². The lowest BCUT2D eigenvalue weighted by Gasteiger charge is -2.10. The Labute approximate surface area is 148 Å². The van der Waals surface area contributed by atoms with Gasteiger partial charge in [0.15, 0.2) is 0 Å². The van der Waals surface area contributed by atoms with E-state index in [0.717, 1.165) is 29.0 Å². The summed E-state index contributed by atoms with van der Waals surface area (Å²) >= 11 is 0. The van der Waals surface area contributed by atoms with Crippen LogP contribution in [0.3, 0.4) is 0 Å². The maximum Gasteiger partial charge on any atom is 0.224 e. The molecule has 0 spiro atoms. The van der Waals surface area contributed by atoms with Crippen molar-refractivity contribution in [1.29, 1.82) is 0 Å². The van der Waals surface area contributed by atoms with E-state index in [9.17, 15) is 9.59 Å². The highest BCUT2D eigenvalue weighted by atomic mass is 16.5. The summed E-state index contributed by atoms with van der Waals surface area (Å²) in [5.74, 6) is 0.698. The molecule has 0 aromatic heterocycles. The summed E-state index contributed by atoms with van der Waals surface area (Å²) in [7, 11) is 1.65. The zero-order valence-electron chi connectivity index (χ0n) is 14.9. The number of ether oxygens (including phenoxy) is 1. The van der Waals surface area contributed by atoms with Gasteiger partial charge >= 0.3 is 0 Å². The Morgan fingerprint density at radius 2 is 1.80 bits per heavy atom. The van der Waals surface area contributed by atoms with Gasteiger partial charge in [0.25, 0.3) is 0 Å². The maximum absolute atomic E-state index is 12.1. The third-order valence-corrected chi connectivity index (χ3v) is 3.79. The van der Waals surface area contributed by atoms with E-state index < -0.39 is 0 Å². The number of hydrogen-bond donors (Lipinski definition) is 2. The highest BCUT2D eigenvalue weighted by Gasteiger charge is 2.06. The van der Waals surface area contributed by atoms with E-state index in [1.807, 2.05) is 31.2 Å². The molecule has 132 valence electrons. The number of carbonyl (C=O) groups is 2. The largest absolute Gasteiger partial charge is 0.496 e. The Hall–Kier alpha value is -2.82. The molecule has 2 rings (SSSR count). The van der Waals surface area contributed by atoms with Gasteiger partial charge in [-0.25, -0.2) is 0 Å². The number of methoxy groups -OCH3 is 1. The molecule has 0 bridgehead atoms. The Morgan fingerprint density at radius 1 is 1.08 bits per heavy atom. The Bertz CT molecular complexity index is 739. The first kappa shape index (κ1) is 18.5. The molecule has 0 fully saturated rings. The lowest BCUT2D eigenvalue weighted by molar-refractivity contribution is -0.120. The molecule has 0 aliphatic heterocycles. The average Bonchev–Trinajstić information content (AvgIpc) is 2.56. The van der Waals surface area contributed by atoms with Crippen molar-refractivity contribution in [3.05, 3.63) is 59.2 Å². The smallest absolute Gasteiger partial charge is 0.224 e. The minimum atomic E-state index is -0.114. The predicted octanol–water partition coefficient (Wildman–Crippen LogP) is 2.86. The van der Waals surface area contributed by atoms with E-state index in [-0.39, 0.29) is 11.8 Å². The molecule has 2 amide bonds. The second-order valence-electron chi connectivity index (χ2n) is 5.97. The van der Waals surface area contributed by atoms with Crippen molar-refractivity contribution < 1.29 is 14.3 Å². The topological polar surface area (TPSA) is 67.4 Å². The predicted molar refractivity (Wildman–Crippen MR) is 98.9 cm³/mol. The SMILES string of the molecule is COc1ccc(C)cc1CCNC(=O)Cc1ccc(NC(C)=O)cc1. The zero-order chi connectivity index (χ0) is 18.2. The molecule has 0 heterocycles. The van der Waals surface area contributed by atoms with Gasteiger partial charge in [-0.05, 0) is 42.7 Å². The molecular weight excluding hydrogens is 316 g/mol. The average molecular weight is 340 g/mol. The van der Waals surface area contributed by atoms with Crippen LogP contribution in [0.1, 0.15) is 23.6 Å². The normalized spacial score (nSPS) is 10.2. The van der Waals surface area contributed by atoms with Crippen molar-refractivity contribution in [3.63, 3.8) is 0 Å². The quantitative estimate of drug-likeness (QED) is 0.814. The molecule has 0 unspecified atom stereocenters. The molecule has 0 aliphatic carbocycles. The van der Waals surface area contributed by atoms with Gasteiger partial charge < -0.3 is 15.4 Å². The number of aryl methyl sites for hydroxylation is 1. The second-order valence-corrected chi connectivity index (χ2v) is 5.97. The molecule has 0 saturated heterocycles. The standard InChI is InChI=1S/C20H24N2O3/c1-14-4-9-19(25-3)17(12-14)10-11-21-20(24)13-16-5-7-18(8-6-16)22-15(2)23/h4-9,12H,10-11,13H2,1-3H3,(H,21,24)(H,22,23). The first-order chi connectivity index (χ1) is 12.0. The number of anilines is 1. The van der Waals surface area contributed by atoms with Gasteiger partial charge in [0.1, 0.15) is 5.75 Å². The molecule has 0 aliphatic rings. The van der Waals surface area contributed by atoms with E-state index in [1.165, 1.54) is 12.5 Å². The minimum absolute atomic E-state index is 0.0288. The second kappa shape index (κ2) is 8.87. The van der Waals surface area contributed by atoms with Gasteiger partial charge in [-0.15, -0.1) is 0 Å². The molecular formula is C20H24N2O3. The van der Waals surface area contributed by atoms with Crippen molar-refractivity contribution in [2.24, 2.45) is 0 Å². The van der Waals surface area contributed by atoms with Gasteiger partial charge in [-0.1, -0.05) is 29.8 Å². The van der Waals surface area contributed by atoms with Crippen LogP contribution in [0.5, 0.6) is 5.75 Å². The minimum Gasteiger partial charge on any atom is -0.496 e. The number of hydrogen-bond acceptors (Lipinski definition) is 3. The first-order valence-electron chi connectivity index (χ1n) is 8.24. The fourth-order valence-corrected chi connectivity index (χ4v) is 2.60. The molecule has 0 atom stereocenters.